The minimum absolute atomic E-state index is 0.0384. The highest BCUT2D eigenvalue weighted by molar-refractivity contribution is 5.74. The average molecular weight is 569 g/mol. The van der Waals surface area contributed by atoms with Crippen LogP contribution in [0, 0.1) is 0 Å². The van der Waals surface area contributed by atoms with Crippen LogP contribution in [-0.2, 0) is 9.47 Å². The van der Waals surface area contributed by atoms with Crippen LogP contribution in [0.3, 0.4) is 0 Å². The van der Waals surface area contributed by atoms with Crippen molar-refractivity contribution in [1.29, 1.82) is 0 Å². The number of phenolic OH excluding ortho intramolecular Hbond substituents is 2. The number of benzene rings is 2. The van der Waals surface area contributed by atoms with Gasteiger partial charge in [0.2, 0.25) is 12.6 Å². The van der Waals surface area contributed by atoms with Crippen LogP contribution in [0.15, 0.2) is 36.4 Å². The fraction of sp³-hybridized carbons (Fsp3) is 0.462. The van der Waals surface area contributed by atoms with Crippen LogP contribution in [0.25, 0.3) is 12.2 Å². The summed E-state index contributed by atoms with van der Waals surface area (Å²) in [6, 6.07) is 8.20. The molecule has 2 heterocycles. The first-order valence-electron chi connectivity index (χ1n) is 12.3. The summed E-state index contributed by atoms with van der Waals surface area (Å²) in [6.07, 6.45) is -11.8. The highest BCUT2D eigenvalue weighted by Crippen LogP contribution is 2.31. The van der Waals surface area contributed by atoms with E-state index in [1.165, 1.54) is 48.6 Å². The Morgan fingerprint density at radius 2 is 1.18 bits per heavy atom. The number of rotatable bonds is 8. The zero-order valence-corrected chi connectivity index (χ0v) is 20.9. The van der Waals surface area contributed by atoms with E-state index in [1.54, 1.807) is 0 Å². The molecule has 0 aliphatic carbocycles. The number of ether oxygens (including phenoxy) is 4. The molecule has 2 aromatic rings. The first kappa shape index (κ1) is 30.0. The summed E-state index contributed by atoms with van der Waals surface area (Å²) in [4.78, 5) is 0. The Balaban J connectivity index is 1.45. The molecule has 4 rings (SSSR count). The normalized spacial score (nSPS) is 34.6. The van der Waals surface area contributed by atoms with Gasteiger partial charge < -0.3 is 70.0 Å². The summed E-state index contributed by atoms with van der Waals surface area (Å²) in [5, 5.41) is 99.2. The van der Waals surface area contributed by atoms with Gasteiger partial charge in [-0.1, -0.05) is 12.2 Å². The minimum atomic E-state index is -1.64. The maximum atomic E-state index is 10.5. The molecule has 14 heteroatoms. The van der Waals surface area contributed by atoms with E-state index in [2.05, 4.69) is 0 Å². The predicted molar refractivity (Wildman–Crippen MR) is 134 cm³/mol. The van der Waals surface area contributed by atoms with E-state index in [-0.39, 0.29) is 23.0 Å². The molecule has 0 bridgehead atoms. The summed E-state index contributed by atoms with van der Waals surface area (Å²) in [5.74, 6) is -0.353. The Kier molecular flexibility index (Phi) is 9.48. The molecule has 0 aromatic heterocycles. The summed E-state index contributed by atoms with van der Waals surface area (Å²) in [6.45, 7) is -1.25. The van der Waals surface area contributed by atoms with Gasteiger partial charge in [0.15, 0.2) is 0 Å². The lowest BCUT2D eigenvalue weighted by Gasteiger charge is -2.39. The lowest BCUT2D eigenvalue weighted by molar-refractivity contribution is -0.277. The van der Waals surface area contributed by atoms with Crippen molar-refractivity contribution in [2.24, 2.45) is 0 Å². The summed E-state index contributed by atoms with van der Waals surface area (Å²) < 4.78 is 21.6. The zero-order valence-electron chi connectivity index (χ0n) is 20.9. The smallest absolute Gasteiger partial charge is 0.229 e. The third-order valence-electron chi connectivity index (χ3n) is 6.57. The van der Waals surface area contributed by atoms with E-state index >= 15 is 0 Å². The predicted octanol–water partition coefficient (Wildman–Crippen LogP) is -2.37. The number of phenols is 2. The van der Waals surface area contributed by atoms with E-state index in [0.717, 1.165) is 0 Å². The second-order valence-electron chi connectivity index (χ2n) is 9.44. The fourth-order valence-corrected chi connectivity index (χ4v) is 4.29. The maximum Gasteiger partial charge on any atom is 0.229 e. The molecule has 2 aromatic carbocycles. The quantitative estimate of drug-likeness (QED) is 0.150. The molecule has 220 valence electrons. The van der Waals surface area contributed by atoms with Crippen LogP contribution in [-0.4, -0.2) is 126 Å². The molecule has 14 nitrogen and oxygen atoms in total. The molecule has 10 N–H and O–H groups in total. The van der Waals surface area contributed by atoms with E-state index in [9.17, 15) is 51.1 Å². The van der Waals surface area contributed by atoms with Gasteiger partial charge in [0.25, 0.3) is 0 Å². The van der Waals surface area contributed by atoms with Crippen LogP contribution < -0.4 is 9.47 Å². The Labute approximate surface area is 227 Å². The number of aliphatic hydroxyl groups is 8. The van der Waals surface area contributed by atoms with E-state index in [0.29, 0.717) is 11.1 Å². The summed E-state index contributed by atoms with van der Waals surface area (Å²) >= 11 is 0. The third kappa shape index (κ3) is 6.47. The molecule has 0 spiro atoms. The monoisotopic (exact) mass is 568 g/mol. The second-order valence-corrected chi connectivity index (χ2v) is 9.44. The van der Waals surface area contributed by atoms with Gasteiger partial charge in [-0.15, -0.1) is 0 Å². The number of hydrogen-bond acceptors (Lipinski definition) is 14. The highest BCUT2D eigenvalue weighted by atomic mass is 16.7. The molecule has 0 amide bonds. The minimum Gasteiger partial charge on any atom is -0.508 e. The summed E-state index contributed by atoms with van der Waals surface area (Å²) in [5.41, 5.74) is 0.724. The van der Waals surface area contributed by atoms with Crippen molar-refractivity contribution in [2.75, 3.05) is 13.2 Å². The van der Waals surface area contributed by atoms with Crippen molar-refractivity contribution in [2.45, 2.75) is 61.4 Å². The fourth-order valence-electron chi connectivity index (χ4n) is 4.29. The van der Waals surface area contributed by atoms with Crippen LogP contribution in [0.5, 0.6) is 23.0 Å². The van der Waals surface area contributed by atoms with E-state index in [4.69, 9.17) is 18.9 Å². The molecule has 2 saturated heterocycles. The summed E-state index contributed by atoms with van der Waals surface area (Å²) in [7, 11) is 0. The molecular weight excluding hydrogens is 536 g/mol. The van der Waals surface area contributed by atoms with Gasteiger partial charge >= 0.3 is 0 Å². The number of aromatic hydroxyl groups is 2. The molecule has 0 radical (unpaired) electrons. The van der Waals surface area contributed by atoms with Gasteiger partial charge in [-0.25, -0.2) is 0 Å². The van der Waals surface area contributed by atoms with Crippen molar-refractivity contribution < 1.29 is 70.0 Å². The topological polar surface area (TPSA) is 239 Å². The SMILES string of the molecule is OC[C@@H]1O[C@@H](Oc2ccc(C=Cc3cc(O)cc(O[C@@H]4O[C@@H](CO)[C@@H](O)[C@@H](O)[C@H]4O)c3)c(O)c2)[C@@H](O)[C@H](O)[C@@H]1O. The van der Waals surface area contributed by atoms with Crippen LogP contribution in [0.4, 0.5) is 0 Å². The van der Waals surface area contributed by atoms with E-state index in [1.807, 2.05) is 0 Å². The molecule has 2 fully saturated rings. The average Bonchev–Trinajstić information content (AvgIpc) is 2.93. The van der Waals surface area contributed by atoms with Crippen molar-refractivity contribution in [3.05, 3.63) is 47.5 Å². The molecule has 0 unspecified atom stereocenters. The van der Waals surface area contributed by atoms with Crippen molar-refractivity contribution in [1.82, 2.24) is 0 Å². The molecular formula is C26H32O14. The number of hydrogen-bond donors (Lipinski definition) is 10. The lowest BCUT2D eigenvalue weighted by atomic mass is 9.99. The number of aliphatic hydroxyl groups excluding tert-OH is 8. The van der Waals surface area contributed by atoms with Crippen molar-refractivity contribution >= 4 is 12.2 Å². The van der Waals surface area contributed by atoms with E-state index < -0.39 is 74.6 Å². The molecule has 2 aliphatic heterocycles. The highest BCUT2D eigenvalue weighted by Gasteiger charge is 2.45. The Hall–Kier alpha value is -3.02. The van der Waals surface area contributed by atoms with Crippen molar-refractivity contribution in [3.8, 4) is 23.0 Å². The van der Waals surface area contributed by atoms with Gasteiger partial charge in [0.1, 0.15) is 71.8 Å². The Morgan fingerprint density at radius 1 is 0.625 bits per heavy atom. The molecule has 10 atom stereocenters. The Bertz CT molecular complexity index is 1170. The van der Waals surface area contributed by atoms with Crippen molar-refractivity contribution in [3.63, 3.8) is 0 Å². The van der Waals surface area contributed by atoms with Gasteiger partial charge in [0, 0.05) is 17.7 Å². The lowest BCUT2D eigenvalue weighted by Crippen LogP contribution is -2.60. The molecule has 40 heavy (non-hydrogen) atoms. The third-order valence-corrected chi connectivity index (χ3v) is 6.57. The van der Waals surface area contributed by atoms with Gasteiger partial charge in [0.05, 0.1) is 13.2 Å². The largest absolute Gasteiger partial charge is 0.508 e. The molecule has 2 aliphatic rings. The van der Waals surface area contributed by atoms with Crippen LogP contribution in [0.1, 0.15) is 11.1 Å². The van der Waals surface area contributed by atoms with Gasteiger partial charge in [-0.05, 0) is 29.8 Å². The second kappa shape index (κ2) is 12.7. The van der Waals surface area contributed by atoms with Gasteiger partial charge in [-0.2, -0.15) is 0 Å². The van der Waals surface area contributed by atoms with Crippen LogP contribution >= 0.6 is 0 Å². The standard InChI is InChI=1S/C26H32O14/c27-9-17-19(31)21(33)23(35)25(39-17)37-14-4-3-12(16(30)8-14)2-1-11-5-13(29)7-15(6-11)38-26-24(36)22(34)20(32)18(10-28)40-26/h1-8,17-36H,9-10H2/t17-,18-,19+,20+,21+,22+,23-,24+,25+,26+/m0/s1. The van der Waals surface area contributed by atoms with Gasteiger partial charge in [-0.3, -0.25) is 0 Å². The first-order chi connectivity index (χ1) is 19.0. The van der Waals surface area contributed by atoms with Crippen LogP contribution in [0.2, 0.25) is 0 Å². The zero-order chi connectivity index (χ0) is 29.1. The first-order valence-corrected chi connectivity index (χ1v) is 12.3. The Morgan fingerprint density at radius 3 is 1.70 bits per heavy atom. The maximum absolute atomic E-state index is 10.5. The molecule has 0 saturated carbocycles.